The van der Waals surface area contributed by atoms with Crippen LogP contribution in [-0.4, -0.2) is 29.2 Å². The molecule has 0 saturated heterocycles. The molecule has 0 radical (unpaired) electrons. The van der Waals surface area contributed by atoms with Crippen LogP contribution in [0.1, 0.15) is 36.7 Å². The summed E-state index contributed by atoms with van der Waals surface area (Å²) in [7, 11) is -3.82. The molecule has 2 heterocycles. The lowest BCUT2D eigenvalue weighted by Gasteiger charge is -2.20. The molecule has 0 saturated carbocycles. The van der Waals surface area contributed by atoms with E-state index in [1.807, 2.05) is 5.38 Å². The first-order valence-corrected chi connectivity index (χ1v) is 12.5. The summed E-state index contributed by atoms with van der Waals surface area (Å²) in [6, 6.07) is 10.3. The van der Waals surface area contributed by atoms with E-state index in [4.69, 9.17) is 0 Å². The summed E-state index contributed by atoms with van der Waals surface area (Å²) in [5.74, 6) is -0.428. The van der Waals surface area contributed by atoms with Gasteiger partial charge >= 0.3 is 0 Å². The van der Waals surface area contributed by atoms with E-state index in [1.54, 1.807) is 56.5 Å². The highest BCUT2D eigenvalue weighted by Crippen LogP contribution is 2.31. The van der Waals surface area contributed by atoms with Gasteiger partial charge in [0.2, 0.25) is 10.0 Å². The van der Waals surface area contributed by atoms with Crippen LogP contribution in [0.2, 0.25) is 0 Å². The second kappa shape index (κ2) is 8.36. The molecule has 0 atom stereocenters. The number of benzene rings is 2. The van der Waals surface area contributed by atoms with Gasteiger partial charge in [0, 0.05) is 28.2 Å². The Kier molecular flexibility index (Phi) is 5.85. The summed E-state index contributed by atoms with van der Waals surface area (Å²) in [5, 5.41) is 4.71. The third kappa shape index (κ3) is 4.82. The van der Waals surface area contributed by atoms with Crippen molar-refractivity contribution in [2.75, 3.05) is 5.32 Å². The van der Waals surface area contributed by atoms with Gasteiger partial charge in [0.1, 0.15) is 17.3 Å². The quantitative estimate of drug-likeness (QED) is 0.422. The maximum absolute atomic E-state index is 13.4. The lowest BCUT2D eigenvalue weighted by atomic mass is 10.1. The molecule has 1 amide bonds. The molecule has 0 bridgehead atoms. The minimum absolute atomic E-state index is 0.000831. The van der Waals surface area contributed by atoms with Crippen LogP contribution in [0.25, 0.3) is 16.2 Å². The number of anilines is 1. The number of nitrogens with one attached hydrogen (secondary N) is 2. The Labute approximate surface area is 195 Å². The van der Waals surface area contributed by atoms with E-state index in [2.05, 4.69) is 15.0 Å². The molecule has 4 rings (SSSR count). The first-order valence-electron chi connectivity index (χ1n) is 10.1. The number of sulfonamides is 1. The number of hydrogen-bond donors (Lipinski definition) is 2. The van der Waals surface area contributed by atoms with Crippen molar-refractivity contribution < 1.29 is 17.6 Å². The van der Waals surface area contributed by atoms with Crippen molar-refractivity contribution in [3.63, 3.8) is 0 Å². The fraction of sp³-hybridized carbons (Fsp3) is 0.217. The minimum atomic E-state index is -3.82. The van der Waals surface area contributed by atoms with Crippen LogP contribution in [0.4, 0.5) is 10.2 Å². The van der Waals surface area contributed by atoms with Gasteiger partial charge in [0.15, 0.2) is 4.96 Å². The molecule has 7 nitrogen and oxygen atoms in total. The third-order valence-electron chi connectivity index (χ3n) is 4.82. The Hall–Kier alpha value is -3.08. The van der Waals surface area contributed by atoms with Crippen LogP contribution >= 0.6 is 11.3 Å². The fourth-order valence-corrected chi connectivity index (χ4v) is 5.52. The van der Waals surface area contributed by atoms with Crippen LogP contribution < -0.4 is 10.0 Å². The van der Waals surface area contributed by atoms with Crippen molar-refractivity contribution in [1.82, 2.24) is 14.1 Å². The predicted molar refractivity (Wildman–Crippen MR) is 128 cm³/mol. The van der Waals surface area contributed by atoms with Gasteiger partial charge < -0.3 is 5.32 Å². The van der Waals surface area contributed by atoms with Crippen LogP contribution in [0, 0.1) is 12.7 Å². The summed E-state index contributed by atoms with van der Waals surface area (Å²) < 4.78 is 43.3. The van der Waals surface area contributed by atoms with Gasteiger partial charge in [-0.1, -0.05) is 6.07 Å². The molecule has 0 aliphatic carbocycles. The number of aromatic nitrogens is 2. The van der Waals surface area contributed by atoms with Crippen molar-refractivity contribution in [1.29, 1.82) is 0 Å². The molecule has 2 N–H and O–H groups in total. The van der Waals surface area contributed by atoms with Crippen molar-refractivity contribution in [3.05, 3.63) is 71.0 Å². The van der Waals surface area contributed by atoms with Gasteiger partial charge in [0.05, 0.1) is 4.90 Å². The number of carbonyl (C=O) groups is 1. The van der Waals surface area contributed by atoms with Gasteiger partial charge in [-0.05, 0) is 69.7 Å². The molecule has 172 valence electrons. The van der Waals surface area contributed by atoms with Crippen LogP contribution in [0.5, 0.6) is 0 Å². The highest BCUT2D eigenvalue weighted by molar-refractivity contribution is 7.89. The van der Waals surface area contributed by atoms with Gasteiger partial charge in [-0.15, -0.1) is 11.3 Å². The average Bonchev–Trinajstić information content (AvgIpc) is 3.29. The van der Waals surface area contributed by atoms with Crippen LogP contribution in [-0.2, 0) is 10.0 Å². The summed E-state index contributed by atoms with van der Waals surface area (Å²) in [4.78, 5) is 18.5. The molecule has 0 aliphatic rings. The summed E-state index contributed by atoms with van der Waals surface area (Å²) in [5.41, 5.74) is 1.31. The molecule has 0 aliphatic heterocycles. The SMILES string of the molecule is Cc1ccc(S(=O)(=O)NC(C)(C)C)cc1C(=O)Nc1c(-c2ccc(F)cc2)nc2sccn12. The lowest BCUT2D eigenvalue weighted by Crippen LogP contribution is -2.40. The van der Waals surface area contributed by atoms with Gasteiger partial charge in [-0.2, -0.15) is 0 Å². The van der Waals surface area contributed by atoms with Gasteiger partial charge in [0.25, 0.3) is 5.91 Å². The molecule has 2 aromatic heterocycles. The number of hydrogen-bond acceptors (Lipinski definition) is 5. The molecular weight excluding hydrogens is 463 g/mol. The zero-order valence-corrected chi connectivity index (χ0v) is 20.1. The van der Waals surface area contributed by atoms with E-state index >= 15 is 0 Å². The van der Waals surface area contributed by atoms with Crippen molar-refractivity contribution >= 4 is 38.0 Å². The number of imidazole rings is 1. The number of amides is 1. The Morgan fingerprint density at radius 2 is 1.82 bits per heavy atom. The first-order chi connectivity index (χ1) is 15.4. The van der Waals surface area contributed by atoms with E-state index in [9.17, 15) is 17.6 Å². The van der Waals surface area contributed by atoms with Crippen molar-refractivity contribution in [2.45, 2.75) is 38.1 Å². The molecule has 2 aromatic carbocycles. The number of fused-ring (bicyclic) bond motifs is 1. The number of thiazole rings is 1. The summed E-state index contributed by atoms with van der Waals surface area (Å²) in [6.07, 6.45) is 1.77. The largest absolute Gasteiger partial charge is 0.306 e. The molecular formula is C23H23FN4O3S2. The highest BCUT2D eigenvalue weighted by atomic mass is 32.2. The second-order valence-electron chi connectivity index (χ2n) is 8.66. The number of rotatable bonds is 5. The Bertz CT molecular complexity index is 1450. The maximum Gasteiger partial charge on any atom is 0.257 e. The first kappa shape index (κ1) is 23.1. The zero-order chi connectivity index (χ0) is 24.0. The van der Waals surface area contributed by atoms with Crippen LogP contribution in [0.15, 0.2) is 58.9 Å². The van der Waals surface area contributed by atoms with Crippen molar-refractivity contribution in [2.24, 2.45) is 0 Å². The number of aryl methyl sites for hydroxylation is 1. The lowest BCUT2D eigenvalue weighted by molar-refractivity contribution is 0.102. The fourth-order valence-electron chi connectivity index (χ4n) is 3.36. The van der Waals surface area contributed by atoms with Gasteiger partial charge in [-0.25, -0.2) is 22.5 Å². The monoisotopic (exact) mass is 486 g/mol. The maximum atomic E-state index is 13.4. The Morgan fingerprint density at radius 1 is 1.12 bits per heavy atom. The van der Waals surface area contributed by atoms with Gasteiger partial charge in [-0.3, -0.25) is 9.20 Å². The normalized spacial score (nSPS) is 12.3. The average molecular weight is 487 g/mol. The van der Waals surface area contributed by atoms with E-state index < -0.39 is 21.5 Å². The van der Waals surface area contributed by atoms with Crippen molar-refractivity contribution in [3.8, 4) is 11.3 Å². The molecule has 4 aromatic rings. The Morgan fingerprint density at radius 3 is 2.48 bits per heavy atom. The highest BCUT2D eigenvalue weighted by Gasteiger charge is 2.24. The third-order valence-corrected chi connectivity index (χ3v) is 7.33. The number of nitrogens with zero attached hydrogens (tertiary/aromatic N) is 2. The molecule has 0 fully saturated rings. The standard InChI is InChI=1S/C23H23FN4O3S2/c1-14-5-10-17(33(30,31)27-23(2,3)4)13-18(14)21(29)26-20-19(15-6-8-16(24)9-7-15)25-22-28(20)11-12-32-22/h5-13,27H,1-4H3,(H,26,29). The van der Waals surface area contributed by atoms with E-state index in [0.717, 1.165) is 0 Å². The van der Waals surface area contributed by atoms with Crippen LogP contribution in [0.3, 0.4) is 0 Å². The molecule has 0 unspecified atom stereocenters. The van der Waals surface area contributed by atoms with E-state index in [1.165, 1.54) is 35.6 Å². The summed E-state index contributed by atoms with van der Waals surface area (Å²) in [6.45, 7) is 6.97. The molecule has 33 heavy (non-hydrogen) atoms. The summed E-state index contributed by atoms with van der Waals surface area (Å²) >= 11 is 1.40. The Balaban J connectivity index is 1.73. The van der Waals surface area contributed by atoms with E-state index in [-0.39, 0.29) is 16.3 Å². The number of carbonyl (C=O) groups excluding carboxylic acids is 1. The smallest absolute Gasteiger partial charge is 0.257 e. The topological polar surface area (TPSA) is 92.6 Å². The number of halogens is 1. The molecule has 0 spiro atoms. The second-order valence-corrected chi connectivity index (χ2v) is 11.2. The predicted octanol–water partition coefficient (Wildman–Crippen LogP) is 4.84. The van der Waals surface area contributed by atoms with E-state index in [0.29, 0.717) is 27.6 Å². The minimum Gasteiger partial charge on any atom is -0.306 e. The molecule has 10 heteroatoms. The zero-order valence-electron chi connectivity index (χ0n) is 18.5.